The normalized spacial score (nSPS) is 22.8. The van der Waals surface area contributed by atoms with Crippen LogP contribution in [0.25, 0.3) is 0 Å². The number of aliphatic imine (C=N–C) groups is 1. The zero-order valence-corrected chi connectivity index (χ0v) is 22.1. The van der Waals surface area contributed by atoms with Gasteiger partial charge in [0.1, 0.15) is 5.75 Å². The summed E-state index contributed by atoms with van der Waals surface area (Å²) in [5.41, 5.74) is 1.22. The van der Waals surface area contributed by atoms with Gasteiger partial charge in [-0.15, -0.1) is 24.0 Å². The van der Waals surface area contributed by atoms with Crippen molar-refractivity contribution in [2.75, 3.05) is 53.1 Å². The highest BCUT2D eigenvalue weighted by atomic mass is 127. The standard InChI is InChI=1S/C24H37N3O4.HI/c1-5-25-23(27-15-18(3)21(16-27)22(28)29-4)26-17-24(11-13-30-14-12-24)19-7-9-20(10-8-19)31-6-2;/h7-10,18,21H,5-6,11-17H2,1-4H3,(H,25,26);1H. The van der Waals surface area contributed by atoms with E-state index < -0.39 is 0 Å². The maximum absolute atomic E-state index is 12.1. The molecule has 0 radical (unpaired) electrons. The van der Waals surface area contributed by atoms with Gasteiger partial charge < -0.3 is 24.4 Å². The summed E-state index contributed by atoms with van der Waals surface area (Å²) >= 11 is 0. The second-order valence-corrected chi connectivity index (χ2v) is 8.53. The Labute approximate surface area is 209 Å². The number of carbonyl (C=O) groups is 1. The van der Waals surface area contributed by atoms with Gasteiger partial charge in [-0.25, -0.2) is 0 Å². The Hall–Kier alpha value is -1.55. The lowest BCUT2D eigenvalue weighted by Gasteiger charge is -2.37. The van der Waals surface area contributed by atoms with Gasteiger partial charge in [-0.1, -0.05) is 19.1 Å². The van der Waals surface area contributed by atoms with Crippen molar-refractivity contribution in [1.29, 1.82) is 0 Å². The molecule has 32 heavy (non-hydrogen) atoms. The molecule has 1 aromatic carbocycles. The van der Waals surface area contributed by atoms with Crippen molar-refractivity contribution >= 4 is 35.9 Å². The summed E-state index contributed by atoms with van der Waals surface area (Å²) in [6, 6.07) is 8.44. The van der Waals surface area contributed by atoms with E-state index in [1.807, 2.05) is 19.1 Å². The molecule has 2 heterocycles. The van der Waals surface area contributed by atoms with Gasteiger partial charge in [0.15, 0.2) is 5.96 Å². The summed E-state index contributed by atoms with van der Waals surface area (Å²) in [4.78, 5) is 19.4. The summed E-state index contributed by atoms with van der Waals surface area (Å²) < 4.78 is 16.3. The number of ether oxygens (including phenoxy) is 3. The van der Waals surface area contributed by atoms with Gasteiger partial charge in [0.2, 0.25) is 0 Å². The first-order chi connectivity index (χ1) is 15.0. The molecule has 2 unspecified atom stereocenters. The molecular formula is C24H38IN3O4. The number of carbonyl (C=O) groups excluding carboxylic acids is 1. The van der Waals surface area contributed by atoms with Crippen LogP contribution in [0.4, 0.5) is 0 Å². The number of rotatable bonds is 7. The first-order valence-corrected chi connectivity index (χ1v) is 11.4. The number of hydrogen-bond acceptors (Lipinski definition) is 5. The summed E-state index contributed by atoms with van der Waals surface area (Å²) in [7, 11) is 1.46. The number of guanidine groups is 1. The van der Waals surface area contributed by atoms with Crippen molar-refractivity contribution in [3.63, 3.8) is 0 Å². The molecular weight excluding hydrogens is 521 g/mol. The number of likely N-dealkylation sites (tertiary alicyclic amines) is 1. The van der Waals surface area contributed by atoms with E-state index in [1.165, 1.54) is 12.7 Å². The van der Waals surface area contributed by atoms with Crippen LogP contribution in [-0.2, 0) is 19.7 Å². The molecule has 0 bridgehead atoms. The van der Waals surface area contributed by atoms with Gasteiger partial charge in [-0.2, -0.15) is 0 Å². The van der Waals surface area contributed by atoms with Crippen LogP contribution in [-0.4, -0.2) is 69.9 Å². The number of nitrogens with zero attached hydrogens (tertiary/aromatic N) is 2. The monoisotopic (exact) mass is 559 g/mol. The third kappa shape index (κ3) is 6.27. The number of nitrogens with one attached hydrogen (secondary N) is 1. The molecule has 2 aliphatic rings. The molecule has 2 saturated heterocycles. The van der Waals surface area contributed by atoms with Crippen molar-refractivity contribution in [2.24, 2.45) is 16.8 Å². The van der Waals surface area contributed by atoms with Crippen molar-refractivity contribution in [3.05, 3.63) is 29.8 Å². The SMILES string of the molecule is CCNC(=NCC1(c2ccc(OCC)cc2)CCOCC1)N1CC(C)C(C(=O)OC)C1.I. The number of benzene rings is 1. The minimum absolute atomic E-state index is 0. The largest absolute Gasteiger partial charge is 0.494 e. The fourth-order valence-electron chi connectivity index (χ4n) is 4.62. The van der Waals surface area contributed by atoms with E-state index in [-0.39, 0.29) is 47.2 Å². The van der Waals surface area contributed by atoms with Crippen LogP contribution in [0.2, 0.25) is 0 Å². The molecule has 2 atom stereocenters. The predicted octanol–water partition coefficient (Wildman–Crippen LogP) is 3.46. The molecule has 180 valence electrons. The Bertz CT molecular complexity index is 750. The zero-order chi connectivity index (χ0) is 22.3. The highest BCUT2D eigenvalue weighted by Crippen LogP contribution is 2.36. The molecule has 0 aliphatic carbocycles. The second kappa shape index (κ2) is 12.6. The van der Waals surface area contributed by atoms with Crippen molar-refractivity contribution in [3.8, 4) is 5.75 Å². The lowest BCUT2D eigenvalue weighted by molar-refractivity contribution is -0.145. The van der Waals surface area contributed by atoms with Gasteiger partial charge in [0.05, 0.1) is 26.2 Å². The molecule has 0 saturated carbocycles. The fourth-order valence-corrected chi connectivity index (χ4v) is 4.62. The van der Waals surface area contributed by atoms with Gasteiger partial charge in [0, 0.05) is 38.3 Å². The van der Waals surface area contributed by atoms with E-state index in [0.29, 0.717) is 19.7 Å². The van der Waals surface area contributed by atoms with Crippen molar-refractivity contribution in [1.82, 2.24) is 10.2 Å². The topological polar surface area (TPSA) is 72.4 Å². The maximum atomic E-state index is 12.1. The van der Waals surface area contributed by atoms with E-state index in [2.05, 4.69) is 36.2 Å². The Morgan fingerprint density at radius 1 is 1.22 bits per heavy atom. The van der Waals surface area contributed by atoms with Crippen LogP contribution in [0.15, 0.2) is 29.3 Å². The molecule has 1 N–H and O–H groups in total. The summed E-state index contributed by atoms with van der Waals surface area (Å²) in [5.74, 6) is 1.75. The van der Waals surface area contributed by atoms with E-state index in [0.717, 1.165) is 50.9 Å². The highest BCUT2D eigenvalue weighted by Gasteiger charge is 2.38. The predicted molar refractivity (Wildman–Crippen MR) is 137 cm³/mol. The van der Waals surface area contributed by atoms with Gasteiger partial charge in [0.25, 0.3) is 0 Å². The number of methoxy groups -OCH3 is 1. The lowest BCUT2D eigenvalue weighted by atomic mass is 9.74. The Balaban J connectivity index is 0.00000363. The minimum Gasteiger partial charge on any atom is -0.494 e. The molecule has 1 aromatic rings. The van der Waals surface area contributed by atoms with Crippen molar-refractivity contribution in [2.45, 2.75) is 39.0 Å². The molecule has 2 fully saturated rings. The van der Waals surface area contributed by atoms with Crippen LogP contribution < -0.4 is 10.1 Å². The summed E-state index contributed by atoms with van der Waals surface area (Å²) in [6.45, 7) is 11.2. The lowest BCUT2D eigenvalue weighted by Crippen LogP contribution is -2.43. The van der Waals surface area contributed by atoms with Crippen LogP contribution >= 0.6 is 24.0 Å². The molecule has 0 aromatic heterocycles. The molecule has 7 nitrogen and oxygen atoms in total. The summed E-state index contributed by atoms with van der Waals surface area (Å²) in [5, 5.41) is 3.43. The number of halogens is 1. The van der Waals surface area contributed by atoms with E-state index in [9.17, 15) is 4.79 Å². The fraction of sp³-hybridized carbons (Fsp3) is 0.667. The average Bonchev–Trinajstić information content (AvgIpc) is 3.19. The Morgan fingerprint density at radius 3 is 2.50 bits per heavy atom. The van der Waals surface area contributed by atoms with Gasteiger partial charge >= 0.3 is 5.97 Å². The number of hydrogen-bond donors (Lipinski definition) is 1. The first kappa shape index (κ1) is 26.7. The van der Waals surface area contributed by atoms with E-state index in [1.54, 1.807) is 0 Å². The second-order valence-electron chi connectivity index (χ2n) is 8.53. The minimum atomic E-state index is -0.138. The molecule has 0 amide bonds. The maximum Gasteiger partial charge on any atom is 0.310 e. The zero-order valence-electron chi connectivity index (χ0n) is 19.8. The van der Waals surface area contributed by atoms with Crippen LogP contribution in [0.3, 0.4) is 0 Å². The quantitative estimate of drug-likeness (QED) is 0.239. The average molecular weight is 559 g/mol. The van der Waals surface area contributed by atoms with Crippen LogP contribution in [0, 0.1) is 11.8 Å². The Morgan fingerprint density at radius 2 is 1.91 bits per heavy atom. The molecule has 2 aliphatic heterocycles. The third-order valence-corrected chi connectivity index (χ3v) is 6.51. The third-order valence-electron chi connectivity index (χ3n) is 6.51. The highest BCUT2D eigenvalue weighted by molar-refractivity contribution is 14.0. The van der Waals surface area contributed by atoms with E-state index in [4.69, 9.17) is 19.2 Å². The van der Waals surface area contributed by atoms with Crippen molar-refractivity contribution < 1.29 is 19.0 Å². The van der Waals surface area contributed by atoms with Gasteiger partial charge in [-0.3, -0.25) is 9.79 Å². The van der Waals surface area contributed by atoms with Crippen LogP contribution in [0.5, 0.6) is 5.75 Å². The van der Waals surface area contributed by atoms with Crippen LogP contribution in [0.1, 0.15) is 39.2 Å². The van der Waals surface area contributed by atoms with Gasteiger partial charge in [-0.05, 0) is 50.3 Å². The molecule has 0 spiro atoms. The smallest absolute Gasteiger partial charge is 0.310 e. The first-order valence-electron chi connectivity index (χ1n) is 11.4. The Kier molecular flexibility index (Phi) is 10.5. The molecule has 8 heteroatoms. The summed E-state index contributed by atoms with van der Waals surface area (Å²) in [6.07, 6.45) is 1.87. The molecule has 3 rings (SSSR count). The number of esters is 1. The van der Waals surface area contributed by atoms with E-state index >= 15 is 0 Å².